The van der Waals surface area contributed by atoms with Crippen molar-refractivity contribution in [3.8, 4) is 28.7 Å². The van der Waals surface area contributed by atoms with Crippen LogP contribution < -0.4 is 23.8 Å². The molecule has 190 valence electrons. The Hall–Kier alpha value is -4.66. The first-order valence-corrected chi connectivity index (χ1v) is 11.7. The molecule has 0 bridgehead atoms. The first-order chi connectivity index (χ1) is 17.8. The SMILES string of the molecule is CCOc1cc(C2/C(=C(\O)c3ccc4c(c3)OCO4)C(=O)C(=O)N2c2cc(C)ccc2O)ccc1OC. The maximum absolute atomic E-state index is 13.4. The van der Waals surface area contributed by atoms with Crippen LogP contribution in [0.1, 0.15) is 29.7 Å². The molecular weight excluding hydrogens is 478 g/mol. The van der Waals surface area contributed by atoms with Crippen LogP contribution >= 0.6 is 0 Å². The Bertz CT molecular complexity index is 1440. The van der Waals surface area contributed by atoms with Crippen molar-refractivity contribution in [2.45, 2.75) is 19.9 Å². The van der Waals surface area contributed by atoms with E-state index in [-0.39, 0.29) is 35.1 Å². The van der Waals surface area contributed by atoms with Crippen molar-refractivity contribution in [1.82, 2.24) is 0 Å². The lowest BCUT2D eigenvalue weighted by Gasteiger charge is -2.27. The highest BCUT2D eigenvalue weighted by molar-refractivity contribution is 6.52. The van der Waals surface area contributed by atoms with Crippen molar-refractivity contribution in [2.75, 3.05) is 25.4 Å². The number of aliphatic hydroxyl groups is 1. The van der Waals surface area contributed by atoms with Gasteiger partial charge in [0, 0.05) is 5.56 Å². The number of fused-ring (bicyclic) bond motifs is 1. The molecule has 1 saturated heterocycles. The average molecular weight is 504 g/mol. The van der Waals surface area contributed by atoms with Crippen molar-refractivity contribution in [3.05, 3.63) is 76.9 Å². The number of aryl methyl sites for hydroxylation is 1. The molecule has 2 aliphatic rings. The van der Waals surface area contributed by atoms with E-state index in [4.69, 9.17) is 18.9 Å². The number of nitrogens with zero attached hydrogens (tertiary/aromatic N) is 1. The van der Waals surface area contributed by atoms with Gasteiger partial charge in [-0.25, -0.2) is 0 Å². The molecule has 2 heterocycles. The molecule has 2 aliphatic heterocycles. The largest absolute Gasteiger partial charge is 0.507 e. The molecule has 1 fully saturated rings. The summed E-state index contributed by atoms with van der Waals surface area (Å²) in [6.07, 6.45) is 0. The predicted octanol–water partition coefficient (Wildman–Crippen LogP) is 4.46. The standard InChI is InChI=1S/C28H25NO8/c1-4-35-22-12-16(6-9-20(22)34-3)25-24(26(31)17-7-10-21-23(13-17)37-14-36-21)27(32)28(33)29(25)18-11-15(2)5-8-19(18)30/h5-13,25,30-31H,4,14H2,1-3H3/b26-24+. The van der Waals surface area contributed by atoms with E-state index >= 15 is 0 Å². The number of ether oxygens (including phenoxy) is 4. The second-order valence-electron chi connectivity index (χ2n) is 8.57. The smallest absolute Gasteiger partial charge is 0.300 e. The van der Waals surface area contributed by atoms with Crippen LogP contribution in [0.3, 0.4) is 0 Å². The van der Waals surface area contributed by atoms with Gasteiger partial charge in [-0.15, -0.1) is 0 Å². The Morgan fingerprint density at radius 3 is 2.57 bits per heavy atom. The topological polar surface area (TPSA) is 115 Å². The van der Waals surface area contributed by atoms with Crippen LogP contribution in [0.25, 0.3) is 5.76 Å². The Kier molecular flexibility index (Phi) is 6.12. The highest BCUT2D eigenvalue weighted by atomic mass is 16.7. The minimum Gasteiger partial charge on any atom is -0.507 e. The molecule has 1 amide bonds. The number of ketones is 1. The summed E-state index contributed by atoms with van der Waals surface area (Å²) >= 11 is 0. The number of carbonyl (C=O) groups is 2. The van der Waals surface area contributed by atoms with Gasteiger partial charge in [-0.05, 0) is 67.4 Å². The fourth-order valence-electron chi connectivity index (χ4n) is 4.55. The number of hydrogen-bond acceptors (Lipinski definition) is 8. The molecule has 3 aromatic carbocycles. The summed E-state index contributed by atoms with van der Waals surface area (Å²) < 4.78 is 21.9. The molecule has 9 nitrogen and oxygen atoms in total. The third-order valence-corrected chi connectivity index (χ3v) is 6.28. The number of rotatable bonds is 6. The zero-order valence-electron chi connectivity index (χ0n) is 20.5. The van der Waals surface area contributed by atoms with E-state index in [1.165, 1.54) is 18.1 Å². The van der Waals surface area contributed by atoms with Crippen molar-refractivity contribution in [1.29, 1.82) is 0 Å². The number of anilines is 1. The first-order valence-electron chi connectivity index (χ1n) is 11.7. The Morgan fingerprint density at radius 2 is 1.81 bits per heavy atom. The van der Waals surface area contributed by atoms with Crippen LogP contribution in [0.5, 0.6) is 28.7 Å². The van der Waals surface area contributed by atoms with E-state index in [1.807, 2.05) is 13.8 Å². The van der Waals surface area contributed by atoms with E-state index in [2.05, 4.69) is 0 Å². The predicted molar refractivity (Wildman–Crippen MR) is 134 cm³/mol. The normalized spacial score (nSPS) is 17.8. The molecule has 37 heavy (non-hydrogen) atoms. The zero-order valence-corrected chi connectivity index (χ0v) is 20.5. The van der Waals surface area contributed by atoms with Crippen LogP contribution in [-0.2, 0) is 9.59 Å². The van der Waals surface area contributed by atoms with Gasteiger partial charge >= 0.3 is 0 Å². The number of phenolic OH excluding ortho intramolecular Hbond substituents is 1. The van der Waals surface area contributed by atoms with Gasteiger partial charge in [0.15, 0.2) is 23.0 Å². The molecule has 0 radical (unpaired) electrons. The lowest BCUT2D eigenvalue weighted by atomic mass is 9.94. The van der Waals surface area contributed by atoms with Gasteiger partial charge in [-0.3, -0.25) is 14.5 Å². The van der Waals surface area contributed by atoms with Crippen LogP contribution in [0.2, 0.25) is 0 Å². The number of benzene rings is 3. The van der Waals surface area contributed by atoms with Gasteiger partial charge in [-0.2, -0.15) is 0 Å². The minimum atomic E-state index is -1.07. The molecule has 3 aromatic rings. The highest BCUT2D eigenvalue weighted by Gasteiger charge is 2.48. The second kappa shape index (κ2) is 9.42. The summed E-state index contributed by atoms with van der Waals surface area (Å²) in [6.45, 7) is 4.03. The van der Waals surface area contributed by atoms with E-state index < -0.39 is 17.7 Å². The summed E-state index contributed by atoms with van der Waals surface area (Å²) in [4.78, 5) is 28.1. The Morgan fingerprint density at radius 1 is 1.03 bits per heavy atom. The van der Waals surface area contributed by atoms with E-state index in [0.717, 1.165) is 5.56 Å². The first kappa shape index (κ1) is 24.1. The monoisotopic (exact) mass is 503 g/mol. The van der Waals surface area contributed by atoms with Crippen LogP contribution in [-0.4, -0.2) is 42.4 Å². The van der Waals surface area contributed by atoms with Crippen molar-refractivity contribution < 1.29 is 38.7 Å². The highest BCUT2D eigenvalue weighted by Crippen LogP contribution is 2.47. The van der Waals surface area contributed by atoms with Crippen molar-refractivity contribution in [3.63, 3.8) is 0 Å². The number of aliphatic hydroxyl groups excluding tert-OH is 1. The molecule has 0 aliphatic carbocycles. The molecular formula is C28H25NO8. The number of Topliss-reactive ketones (excluding diaryl/α,β-unsaturated/α-hetero) is 1. The third-order valence-electron chi connectivity index (χ3n) is 6.28. The van der Waals surface area contributed by atoms with E-state index in [0.29, 0.717) is 35.2 Å². The quantitative estimate of drug-likeness (QED) is 0.288. The zero-order chi connectivity index (χ0) is 26.3. The van der Waals surface area contributed by atoms with E-state index in [9.17, 15) is 19.8 Å². The number of methoxy groups -OCH3 is 1. The molecule has 0 aromatic heterocycles. The fourth-order valence-corrected chi connectivity index (χ4v) is 4.55. The molecule has 1 unspecified atom stereocenters. The van der Waals surface area contributed by atoms with Gasteiger partial charge < -0.3 is 29.2 Å². The number of amides is 1. The molecule has 0 saturated carbocycles. The summed E-state index contributed by atoms with van der Waals surface area (Å²) in [5.74, 6) is -0.550. The summed E-state index contributed by atoms with van der Waals surface area (Å²) in [5.41, 5.74) is 1.53. The average Bonchev–Trinajstić information content (AvgIpc) is 3.47. The number of hydrogen-bond donors (Lipinski definition) is 2. The second-order valence-corrected chi connectivity index (χ2v) is 8.57. The summed E-state index contributed by atoms with van der Waals surface area (Å²) in [7, 11) is 1.51. The lowest BCUT2D eigenvalue weighted by molar-refractivity contribution is -0.132. The summed E-state index contributed by atoms with van der Waals surface area (Å²) in [5, 5.41) is 22.1. The molecule has 0 spiro atoms. The van der Waals surface area contributed by atoms with Gasteiger partial charge in [0.2, 0.25) is 6.79 Å². The third kappa shape index (κ3) is 4.08. The van der Waals surface area contributed by atoms with Crippen LogP contribution in [0, 0.1) is 6.92 Å². The molecule has 1 atom stereocenters. The van der Waals surface area contributed by atoms with Crippen molar-refractivity contribution in [2.24, 2.45) is 0 Å². The number of carbonyl (C=O) groups excluding carboxylic acids is 2. The van der Waals surface area contributed by atoms with Crippen molar-refractivity contribution >= 4 is 23.1 Å². The van der Waals surface area contributed by atoms with E-state index in [1.54, 1.807) is 48.5 Å². The Balaban J connectivity index is 1.74. The summed E-state index contributed by atoms with van der Waals surface area (Å²) in [6, 6.07) is 13.5. The van der Waals surface area contributed by atoms with Gasteiger partial charge in [-0.1, -0.05) is 12.1 Å². The van der Waals surface area contributed by atoms with Gasteiger partial charge in [0.1, 0.15) is 11.5 Å². The van der Waals surface area contributed by atoms with Gasteiger partial charge in [0.05, 0.1) is 31.0 Å². The maximum atomic E-state index is 13.4. The molecule has 9 heteroatoms. The number of aromatic hydroxyl groups is 1. The maximum Gasteiger partial charge on any atom is 0.300 e. The lowest BCUT2D eigenvalue weighted by Crippen LogP contribution is -2.29. The Labute approximate surface area is 213 Å². The van der Waals surface area contributed by atoms with Crippen LogP contribution in [0.4, 0.5) is 5.69 Å². The molecule has 5 rings (SSSR count). The van der Waals surface area contributed by atoms with Gasteiger partial charge in [0.25, 0.3) is 11.7 Å². The minimum absolute atomic E-state index is 0.0443. The molecule has 2 N–H and O–H groups in total. The fraction of sp³-hybridized carbons (Fsp3) is 0.214. The van der Waals surface area contributed by atoms with Crippen LogP contribution in [0.15, 0.2) is 60.2 Å². The number of phenols is 1.